The van der Waals surface area contributed by atoms with E-state index in [4.69, 9.17) is 0 Å². The fraction of sp³-hybridized carbons (Fsp3) is 0.353. The third-order valence-electron chi connectivity index (χ3n) is 3.31. The van der Waals surface area contributed by atoms with E-state index in [1.165, 1.54) is 0 Å². The van der Waals surface area contributed by atoms with Gasteiger partial charge < -0.3 is 20.9 Å². The van der Waals surface area contributed by atoms with Crippen LogP contribution in [0.15, 0.2) is 30.3 Å². The predicted molar refractivity (Wildman–Crippen MR) is 97.8 cm³/mol. The third kappa shape index (κ3) is 5.42. The van der Waals surface area contributed by atoms with E-state index in [-0.39, 0.29) is 6.03 Å². The lowest BCUT2D eigenvalue weighted by atomic mass is 10.2. The molecule has 3 N–H and O–H groups in total. The van der Waals surface area contributed by atoms with Crippen molar-refractivity contribution in [3.05, 3.63) is 41.7 Å². The molecule has 0 aliphatic heterocycles. The molecule has 2 rings (SSSR count). The topological polar surface area (TPSA) is 82.2 Å². The molecule has 128 valence electrons. The third-order valence-corrected chi connectivity index (χ3v) is 3.31. The Bertz CT molecular complexity index is 684. The summed E-state index contributed by atoms with van der Waals surface area (Å²) in [6.07, 6.45) is 0. The van der Waals surface area contributed by atoms with Gasteiger partial charge >= 0.3 is 6.03 Å². The molecule has 24 heavy (non-hydrogen) atoms. The number of carbonyl (C=O) groups excluding carboxylic acids is 1. The van der Waals surface area contributed by atoms with Crippen LogP contribution < -0.4 is 20.9 Å². The lowest BCUT2D eigenvalue weighted by Crippen LogP contribution is -2.32. The zero-order valence-corrected chi connectivity index (χ0v) is 14.6. The number of nitrogens with one attached hydrogen (secondary N) is 3. The van der Waals surface area contributed by atoms with Crippen LogP contribution in [0.2, 0.25) is 0 Å². The van der Waals surface area contributed by atoms with Crippen molar-refractivity contribution in [1.82, 2.24) is 15.3 Å². The van der Waals surface area contributed by atoms with Gasteiger partial charge in [0, 0.05) is 38.9 Å². The molecule has 0 saturated heterocycles. The number of nitrogens with zero attached hydrogens (tertiary/aromatic N) is 3. The van der Waals surface area contributed by atoms with Crippen molar-refractivity contribution in [3.63, 3.8) is 0 Å². The number of hydrogen-bond acceptors (Lipinski definition) is 5. The zero-order chi connectivity index (χ0) is 17.5. The molecular weight excluding hydrogens is 304 g/mol. The summed E-state index contributed by atoms with van der Waals surface area (Å²) in [7, 11) is 3.87. The van der Waals surface area contributed by atoms with Crippen LogP contribution in [0.5, 0.6) is 0 Å². The second-order valence-corrected chi connectivity index (χ2v) is 5.73. The van der Waals surface area contributed by atoms with Gasteiger partial charge in [0.2, 0.25) is 0 Å². The molecular formula is C17H24N6O. The summed E-state index contributed by atoms with van der Waals surface area (Å²) in [4.78, 5) is 22.4. The smallest absolute Gasteiger partial charge is 0.319 e. The molecule has 1 aromatic carbocycles. The Morgan fingerprint density at radius 1 is 1.08 bits per heavy atom. The number of amides is 2. The molecule has 0 radical (unpaired) electrons. The van der Waals surface area contributed by atoms with Crippen molar-refractivity contribution in [2.45, 2.75) is 13.8 Å². The second kappa shape index (κ2) is 8.14. The summed E-state index contributed by atoms with van der Waals surface area (Å²) in [6.45, 7) is 4.92. The van der Waals surface area contributed by atoms with E-state index in [9.17, 15) is 4.79 Å². The van der Waals surface area contributed by atoms with Crippen LogP contribution in [0.3, 0.4) is 0 Å². The minimum Gasteiger partial charge on any atom is -0.368 e. The second-order valence-electron chi connectivity index (χ2n) is 5.73. The molecule has 7 heteroatoms. The van der Waals surface area contributed by atoms with Crippen molar-refractivity contribution >= 4 is 23.4 Å². The summed E-state index contributed by atoms with van der Waals surface area (Å²) < 4.78 is 0. The first-order valence-electron chi connectivity index (χ1n) is 7.82. The van der Waals surface area contributed by atoms with Gasteiger partial charge in [-0.2, -0.15) is 0 Å². The lowest BCUT2D eigenvalue weighted by Gasteiger charge is -2.14. The number of hydrogen-bond donors (Lipinski definition) is 3. The number of aromatic nitrogens is 2. The van der Waals surface area contributed by atoms with Crippen molar-refractivity contribution < 1.29 is 4.79 Å². The van der Waals surface area contributed by atoms with Crippen molar-refractivity contribution in [1.29, 1.82) is 0 Å². The largest absolute Gasteiger partial charge is 0.368 e. The lowest BCUT2D eigenvalue weighted by molar-refractivity contribution is 0.252. The summed E-state index contributed by atoms with van der Waals surface area (Å²) in [5.41, 5.74) is 1.93. The van der Waals surface area contributed by atoms with Gasteiger partial charge in [0.25, 0.3) is 0 Å². The van der Waals surface area contributed by atoms with E-state index in [1.54, 1.807) is 0 Å². The first-order chi connectivity index (χ1) is 11.4. The Morgan fingerprint density at radius 3 is 2.46 bits per heavy atom. The van der Waals surface area contributed by atoms with Crippen LogP contribution in [0.4, 0.5) is 22.1 Å². The van der Waals surface area contributed by atoms with Gasteiger partial charge in [0.05, 0.1) is 0 Å². The highest BCUT2D eigenvalue weighted by Gasteiger charge is 2.04. The Balaban J connectivity index is 1.76. The van der Waals surface area contributed by atoms with Gasteiger partial charge in [-0.3, -0.25) is 0 Å². The molecule has 0 saturated carbocycles. The van der Waals surface area contributed by atoms with Crippen molar-refractivity contribution in [2.24, 2.45) is 0 Å². The predicted octanol–water partition coefficient (Wildman–Crippen LogP) is 2.39. The summed E-state index contributed by atoms with van der Waals surface area (Å²) in [6, 6.07) is 9.31. The molecule has 0 atom stereocenters. The number of anilines is 3. The van der Waals surface area contributed by atoms with Crippen LogP contribution in [0, 0.1) is 13.8 Å². The quantitative estimate of drug-likeness (QED) is 0.709. The van der Waals surface area contributed by atoms with E-state index in [0.717, 1.165) is 22.9 Å². The molecule has 2 aromatic rings. The van der Waals surface area contributed by atoms with Gasteiger partial charge in [-0.1, -0.05) is 17.7 Å². The maximum atomic E-state index is 11.8. The maximum absolute atomic E-state index is 11.8. The van der Waals surface area contributed by atoms with Gasteiger partial charge in [0.15, 0.2) is 0 Å². The zero-order valence-electron chi connectivity index (χ0n) is 14.6. The highest BCUT2D eigenvalue weighted by molar-refractivity contribution is 5.89. The summed E-state index contributed by atoms with van der Waals surface area (Å²) in [5, 5.41) is 8.78. The molecule has 0 unspecified atom stereocenters. The van der Waals surface area contributed by atoms with E-state index in [1.807, 2.05) is 63.2 Å². The summed E-state index contributed by atoms with van der Waals surface area (Å²) >= 11 is 0. The fourth-order valence-electron chi connectivity index (χ4n) is 2.05. The molecule has 7 nitrogen and oxygen atoms in total. The maximum Gasteiger partial charge on any atom is 0.319 e. The first kappa shape index (κ1) is 17.5. The van der Waals surface area contributed by atoms with Gasteiger partial charge in [-0.15, -0.1) is 0 Å². The van der Waals surface area contributed by atoms with Gasteiger partial charge in [0.1, 0.15) is 17.5 Å². The average molecular weight is 328 g/mol. The highest BCUT2D eigenvalue weighted by atomic mass is 16.2. The van der Waals surface area contributed by atoms with Crippen LogP contribution in [-0.4, -0.2) is 43.2 Å². The molecule has 0 aliphatic carbocycles. The van der Waals surface area contributed by atoms with Gasteiger partial charge in [-0.25, -0.2) is 14.8 Å². The van der Waals surface area contributed by atoms with E-state index >= 15 is 0 Å². The van der Waals surface area contributed by atoms with E-state index < -0.39 is 0 Å². The van der Waals surface area contributed by atoms with Crippen LogP contribution >= 0.6 is 0 Å². The molecule has 1 heterocycles. The minimum atomic E-state index is -0.228. The molecule has 0 bridgehead atoms. The van der Waals surface area contributed by atoms with Crippen LogP contribution in [0.1, 0.15) is 11.4 Å². The number of aryl methyl sites for hydroxylation is 2. The molecule has 0 aliphatic rings. The number of urea groups is 1. The Labute approximate surface area is 142 Å². The molecule has 0 fully saturated rings. The number of rotatable bonds is 6. The van der Waals surface area contributed by atoms with Gasteiger partial charge in [-0.05, 0) is 26.0 Å². The Kier molecular flexibility index (Phi) is 5.95. The SMILES string of the molecule is Cc1ccc(NC(=O)NCCNc2cc(N(C)C)nc(C)n2)cc1. The van der Waals surface area contributed by atoms with E-state index in [2.05, 4.69) is 25.9 Å². The Hall–Kier alpha value is -2.83. The summed E-state index contributed by atoms with van der Waals surface area (Å²) in [5.74, 6) is 2.29. The van der Waals surface area contributed by atoms with Crippen LogP contribution in [-0.2, 0) is 0 Å². The monoisotopic (exact) mass is 328 g/mol. The normalized spacial score (nSPS) is 10.2. The molecule has 2 amide bonds. The first-order valence-corrected chi connectivity index (χ1v) is 7.82. The minimum absolute atomic E-state index is 0.228. The number of carbonyl (C=O) groups is 1. The van der Waals surface area contributed by atoms with Crippen LogP contribution in [0.25, 0.3) is 0 Å². The number of benzene rings is 1. The molecule has 0 spiro atoms. The average Bonchev–Trinajstić information content (AvgIpc) is 2.53. The van der Waals surface area contributed by atoms with Crippen molar-refractivity contribution in [2.75, 3.05) is 42.7 Å². The highest BCUT2D eigenvalue weighted by Crippen LogP contribution is 2.13. The fourth-order valence-corrected chi connectivity index (χ4v) is 2.05. The standard InChI is InChI=1S/C17H24N6O/c1-12-5-7-14(8-6-12)22-17(24)19-10-9-18-15-11-16(23(3)4)21-13(2)20-15/h5-8,11H,9-10H2,1-4H3,(H,18,20,21)(H2,19,22,24). The Morgan fingerprint density at radius 2 is 1.79 bits per heavy atom. The van der Waals surface area contributed by atoms with Crippen molar-refractivity contribution in [3.8, 4) is 0 Å². The molecule has 1 aromatic heterocycles. The van der Waals surface area contributed by atoms with E-state index in [0.29, 0.717) is 18.9 Å².